The zero-order chi connectivity index (χ0) is 22.2. The number of amides is 1. The molecule has 4 rings (SSSR count). The number of aromatic nitrogens is 2. The first-order valence-electron chi connectivity index (χ1n) is 9.91. The Bertz CT molecular complexity index is 1240. The van der Waals surface area contributed by atoms with Crippen molar-refractivity contribution in [3.8, 4) is 0 Å². The molecule has 0 unspecified atom stereocenters. The fourth-order valence-corrected chi connectivity index (χ4v) is 4.03. The Hall–Kier alpha value is -3.36. The third-order valence-corrected chi connectivity index (χ3v) is 5.63. The Labute approximate surface area is 174 Å². The molecule has 0 aliphatic carbocycles. The van der Waals surface area contributed by atoms with E-state index in [2.05, 4.69) is 4.98 Å². The van der Waals surface area contributed by atoms with Gasteiger partial charge in [-0.15, -0.1) is 0 Å². The van der Waals surface area contributed by atoms with Crippen LogP contribution in [0.25, 0.3) is 10.9 Å². The summed E-state index contributed by atoms with van der Waals surface area (Å²) in [6.45, 7) is 0.641. The van der Waals surface area contributed by atoms with E-state index in [0.29, 0.717) is 42.4 Å². The minimum Gasteiger partial charge on any atom is -0.342 e. The maximum absolute atomic E-state index is 12.9. The molecule has 1 saturated heterocycles. The number of benzene rings is 2. The average Bonchev–Trinajstić information content (AvgIpc) is 2.74. The van der Waals surface area contributed by atoms with Crippen molar-refractivity contribution < 1.29 is 18.0 Å². The van der Waals surface area contributed by atoms with Crippen molar-refractivity contribution in [2.75, 3.05) is 13.1 Å². The number of para-hydroxylation sites is 1. The number of nitrogens with one attached hydrogen (secondary N) is 1. The molecule has 9 heteroatoms. The quantitative estimate of drug-likeness (QED) is 0.693. The number of rotatable bonds is 3. The highest BCUT2D eigenvalue weighted by Crippen LogP contribution is 2.30. The van der Waals surface area contributed by atoms with Crippen LogP contribution in [0.15, 0.2) is 58.1 Å². The number of hydrogen-bond donors (Lipinski definition) is 1. The van der Waals surface area contributed by atoms with Gasteiger partial charge in [0.05, 0.1) is 22.9 Å². The lowest BCUT2D eigenvalue weighted by atomic mass is 10.0. The lowest BCUT2D eigenvalue weighted by Gasteiger charge is -2.32. The molecule has 1 aromatic heterocycles. The van der Waals surface area contributed by atoms with E-state index < -0.39 is 17.4 Å². The maximum Gasteiger partial charge on any atom is 0.416 e. The Morgan fingerprint density at radius 3 is 2.45 bits per heavy atom. The molecule has 6 nitrogen and oxygen atoms in total. The Balaban J connectivity index is 1.46. The van der Waals surface area contributed by atoms with Gasteiger partial charge in [-0.25, -0.2) is 4.79 Å². The zero-order valence-corrected chi connectivity index (χ0v) is 16.5. The standard InChI is InChI=1S/C22H20F3N3O3/c23-22(24,25)15-5-3-4-14(12-15)13-19(29)27-10-8-16(9-11-27)28-20(30)17-6-1-2-7-18(17)26-21(28)31/h1-7,12,16H,8-11,13H2,(H,26,31). The van der Waals surface area contributed by atoms with Gasteiger partial charge in [-0.05, 0) is 36.6 Å². The van der Waals surface area contributed by atoms with Crippen LogP contribution in [0.5, 0.6) is 0 Å². The van der Waals surface area contributed by atoms with Crippen LogP contribution in [-0.2, 0) is 17.4 Å². The molecule has 31 heavy (non-hydrogen) atoms. The largest absolute Gasteiger partial charge is 0.416 e. The van der Waals surface area contributed by atoms with Crippen LogP contribution in [0.1, 0.15) is 30.0 Å². The topological polar surface area (TPSA) is 75.2 Å². The first kappa shape index (κ1) is 20.9. The number of fused-ring (bicyclic) bond motifs is 1. The molecule has 162 valence electrons. The van der Waals surface area contributed by atoms with E-state index in [1.807, 2.05) is 0 Å². The number of carbonyl (C=O) groups excluding carboxylic acids is 1. The summed E-state index contributed by atoms with van der Waals surface area (Å²) < 4.78 is 39.8. The van der Waals surface area contributed by atoms with Gasteiger partial charge in [-0.3, -0.25) is 14.2 Å². The van der Waals surface area contributed by atoms with Crippen LogP contribution in [0.4, 0.5) is 13.2 Å². The van der Waals surface area contributed by atoms with E-state index >= 15 is 0 Å². The van der Waals surface area contributed by atoms with Crippen LogP contribution >= 0.6 is 0 Å². The molecule has 0 radical (unpaired) electrons. The van der Waals surface area contributed by atoms with Crippen molar-refractivity contribution in [1.82, 2.24) is 14.5 Å². The number of piperidine rings is 1. The summed E-state index contributed by atoms with van der Waals surface area (Å²) in [7, 11) is 0. The van der Waals surface area contributed by atoms with Crippen LogP contribution < -0.4 is 11.2 Å². The zero-order valence-electron chi connectivity index (χ0n) is 16.5. The third-order valence-electron chi connectivity index (χ3n) is 5.63. The van der Waals surface area contributed by atoms with Gasteiger partial charge in [0.2, 0.25) is 5.91 Å². The molecular weight excluding hydrogens is 411 g/mol. The smallest absolute Gasteiger partial charge is 0.342 e. The van der Waals surface area contributed by atoms with Gasteiger partial charge in [0.25, 0.3) is 5.56 Å². The average molecular weight is 431 g/mol. The lowest BCUT2D eigenvalue weighted by Crippen LogP contribution is -2.45. The van der Waals surface area contributed by atoms with Gasteiger partial charge in [0.15, 0.2) is 0 Å². The van der Waals surface area contributed by atoms with Crippen molar-refractivity contribution in [2.45, 2.75) is 31.5 Å². The number of likely N-dealkylation sites (tertiary alicyclic amines) is 1. The lowest BCUT2D eigenvalue weighted by molar-refractivity contribution is -0.138. The highest BCUT2D eigenvalue weighted by atomic mass is 19.4. The van der Waals surface area contributed by atoms with Crippen molar-refractivity contribution in [3.63, 3.8) is 0 Å². The van der Waals surface area contributed by atoms with Crippen LogP contribution in [0.3, 0.4) is 0 Å². The molecule has 0 atom stereocenters. The van der Waals surface area contributed by atoms with Gasteiger partial charge >= 0.3 is 11.9 Å². The number of H-pyrrole nitrogens is 1. The van der Waals surface area contributed by atoms with Crippen LogP contribution in [0.2, 0.25) is 0 Å². The number of halogens is 3. The number of nitrogens with zero attached hydrogens (tertiary/aromatic N) is 2. The maximum atomic E-state index is 12.9. The van der Waals surface area contributed by atoms with Gasteiger partial charge < -0.3 is 9.88 Å². The first-order chi connectivity index (χ1) is 14.7. The van der Waals surface area contributed by atoms with Crippen LogP contribution in [0, 0.1) is 0 Å². The third kappa shape index (κ3) is 4.26. The van der Waals surface area contributed by atoms with Gasteiger partial charge in [-0.1, -0.05) is 30.3 Å². The fraction of sp³-hybridized carbons (Fsp3) is 0.318. The number of aromatic amines is 1. The van der Waals surface area contributed by atoms with Crippen molar-refractivity contribution in [1.29, 1.82) is 0 Å². The summed E-state index contributed by atoms with van der Waals surface area (Å²) in [5, 5.41) is 0.421. The molecule has 2 heterocycles. The highest BCUT2D eigenvalue weighted by molar-refractivity contribution is 5.79. The summed E-state index contributed by atoms with van der Waals surface area (Å²) in [5.74, 6) is -0.280. The molecule has 1 fully saturated rings. The Kier molecular flexibility index (Phi) is 5.43. The minimum atomic E-state index is -4.46. The van der Waals surface area contributed by atoms with Crippen molar-refractivity contribution in [2.24, 2.45) is 0 Å². The van der Waals surface area contributed by atoms with E-state index in [1.165, 1.54) is 16.7 Å². The first-order valence-corrected chi connectivity index (χ1v) is 9.91. The normalized spacial score (nSPS) is 15.4. The molecule has 0 spiro atoms. The second-order valence-electron chi connectivity index (χ2n) is 7.64. The summed E-state index contributed by atoms with van der Waals surface area (Å²) in [6, 6.07) is 11.2. The summed E-state index contributed by atoms with van der Waals surface area (Å²) in [5.41, 5.74) is -0.872. The van der Waals surface area contributed by atoms with E-state index in [9.17, 15) is 27.6 Å². The van der Waals surface area contributed by atoms with E-state index in [1.54, 1.807) is 29.2 Å². The second kappa shape index (κ2) is 8.05. The molecule has 1 N–H and O–H groups in total. The Morgan fingerprint density at radius 1 is 1.03 bits per heavy atom. The predicted molar refractivity (Wildman–Crippen MR) is 109 cm³/mol. The number of hydrogen-bond acceptors (Lipinski definition) is 3. The summed E-state index contributed by atoms with van der Waals surface area (Å²) in [6.07, 6.45) is -3.77. The predicted octanol–water partition coefficient (Wildman–Crippen LogP) is 3.11. The molecule has 1 aliphatic heterocycles. The van der Waals surface area contributed by atoms with E-state index in [-0.39, 0.29) is 23.9 Å². The molecular formula is C22H20F3N3O3. The number of alkyl halides is 3. The molecule has 0 saturated carbocycles. The molecule has 2 aromatic carbocycles. The molecule has 3 aromatic rings. The van der Waals surface area contributed by atoms with Gasteiger partial charge in [0, 0.05) is 19.1 Å². The highest BCUT2D eigenvalue weighted by Gasteiger charge is 2.31. The van der Waals surface area contributed by atoms with Gasteiger partial charge in [-0.2, -0.15) is 13.2 Å². The van der Waals surface area contributed by atoms with E-state index in [4.69, 9.17) is 0 Å². The Morgan fingerprint density at radius 2 is 1.74 bits per heavy atom. The monoisotopic (exact) mass is 431 g/mol. The van der Waals surface area contributed by atoms with Gasteiger partial charge in [0.1, 0.15) is 0 Å². The fourth-order valence-electron chi connectivity index (χ4n) is 4.03. The molecule has 0 bridgehead atoms. The minimum absolute atomic E-state index is 0.134. The van der Waals surface area contributed by atoms with Crippen molar-refractivity contribution in [3.05, 3.63) is 80.5 Å². The second-order valence-corrected chi connectivity index (χ2v) is 7.64. The summed E-state index contributed by atoms with van der Waals surface area (Å²) in [4.78, 5) is 42.1. The van der Waals surface area contributed by atoms with Crippen molar-refractivity contribution >= 4 is 16.8 Å². The molecule has 1 aliphatic rings. The van der Waals surface area contributed by atoms with E-state index in [0.717, 1.165) is 12.1 Å². The number of carbonyl (C=O) groups is 1. The molecule has 1 amide bonds. The summed E-state index contributed by atoms with van der Waals surface area (Å²) >= 11 is 0. The SMILES string of the molecule is O=C(Cc1cccc(C(F)(F)F)c1)N1CCC(n2c(=O)[nH]c3ccccc3c2=O)CC1. The van der Waals surface area contributed by atoms with Crippen LogP contribution in [-0.4, -0.2) is 33.4 Å².